The number of hydrogen-bond donors (Lipinski definition) is 1. The number of thiocarbonyl (C=S) groups is 1. The molecule has 0 aliphatic heterocycles. The molecule has 0 fully saturated rings. The molecule has 1 rings (SSSR count). The Hall–Kier alpha value is -2.02. The summed E-state index contributed by atoms with van der Waals surface area (Å²) in [7, 11) is 6.10. The standard InChI is InChI=1S/C13H18N2O4S/c1-15(7-12(14)20)13(16)8-5-10(18-3)11(19-4)6-9(8)17-2/h5-6H,7H2,1-4H3,(H2,14,20). The number of nitrogens with two attached hydrogens (primary N) is 1. The van der Waals surface area contributed by atoms with Crippen molar-refractivity contribution in [2.45, 2.75) is 0 Å². The van der Waals surface area contributed by atoms with E-state index >= 15 is 0 Å². The first-order valence-electron chi connectivity index (χ1n) is 5.78. The molecule has 6 nitrogen and oxygen atoms in total. The molecule has 1 amide bonds. The molecule has 1 aromatic rings. The van der Waals surface area contributed by atoms with Crippen molar-refractivity contribution in [1.82, 2.24) is 4.90 Å². The maximum Gasteiger partial charge on any atom is 0.257 e. The zero-order valence-corrected chi connectivity index (χ0v) is 12.7. The Morgan fingerprint density at radius 1 is 1.15 bits per heavy atom. The maximum atomic E-state index is 12.4. The molecule has 0 aliphatic carbocycles. The van der Waals surface area contributed by atoms with Gasteiger partial charge in [-0.25, -0.2) is 0 Å². The fraction of sp³-hybridized carbons (Fsp3) is 0.385. The average molecular weight is 298 g/mol. The first kappa shape index (κ1) is 16.0. The predicted molar refractivity (Wildman–Crippen MR) is 79.8 cm³/mol. The first-order chi connectivity index (χ1) is 9.44. The van der Waals surface area contributed by atoms with Crippen LogP contribution >= 0.6 is 12.2 Å². The van der Waals surface area contributed by atoms with E-state index in [1.807, 2.05) is 0 Å². The van der Waals surface area contributed by atoms with Crippen LogP contribution in [0.2, 0.25) is 0 Å². The van der Waals surface area contributed by atoms with Crippen molar-refractivity contribution in [2.24, 2.45) is 5.73 Å². The number of carbonyl (C=O) groups excluding carboxylic acids is 1. The van der Waals surface area contributed by atoms with Crippen molar-refractivity contribution >= 4 is 23.1 Å². The van der Waals surface area contributed by atoms with Gasteiger partial charge in [0.15, 0.2) is 11.5 Å². The number of amides is 1. The van der Waals surface area contributed by atoms with E-state index in [1.165, 1.54) is 26.2 Å². The van der Waals surface area contributed by atoms with Crippen LogP contribution in [0.1, 0.15) is 10.4 Å². The van der Waals surface area contributed by atoms with E-state index in [4.69, 9.17) is 32.2 Å². The van der Waals surface area contributed by atoms with Crippen LogP contribution in [-0.4, -0.2) is 50.7 Å². The Labute approximate surface area is 123 Å². The van der Waals surface area contributed by atoms with Crippen molar-refractivity contribution in [3.63, 3.8) is 0 Å². The van der Waals surface area contributed by atoms with Crippen molar-refractivity contribution in [3.8, 4) is 17.2 Å². The third-order valence-electron chi connectivity index (χ3n) is 2.68. The topological polar surface area (TPSA) is 74.0 Å². The molecule has 0 saturated heterocycles. The van der Waals surface area contributed by atoms with Crippen LogP contribution in [0.3, 0.4) is 0 Å². The lowest BCUT2D eigenvalue weighted by Gasteiger charge is -2.19. The lowest BCUT2D eigenvalue weighted by Crippen LogP contribution is -2.34. The highest BCUT2D eigenvalue weighted by Gasteiger charge is 2.20. The lowest BCUT2D eigenvalue weighted by atomic mass is 10.1. The predicted octanol–water partition coefficient (Wildman–Crippen LogP) is 1.07. The van der Waals surface area contributed by atoms with E-state index in [-0.39, 0.29) is 17.4 Å². The minimum absolute atomic E-state index is 0.186. The van der Waals surface area contributed by atoms with Gasteiger partial charge in [0.05, 0.1) is 38.4 Å². The van der Waals surface area contributed by atoms with Gasteiger partial charge in [-0.1, -0.05) is 12.2 Å². The maximum absolute atomic E-state index is 12.4. The average Bonchev–Trinajstić information content (AvgIpc) is 2.44. The Balaban J connectivity index is 3.21. The molecule has 7 heteroatoms. The second-order valence-electron chi connectivity index (χ2n) is 4.04. The summed E-state index contributed by atoms with van der Waals surface area (Å²) < 4.78 is 15.6. The number of carbonyl (C=O) groups is 1. The summed E-state index contributed by atoms with van der Waals surface area (Å²) in [5.41, 5.74) is 5.79. The number of methoxy groups -OCH3 is 3. The highest BCUT2D eigenvalue weighted by Crippen LogP contribution is 2.35. The van der Waals surface area contributed by atoms with E-state index < -0.39 is 0 Å². The molecule has 2 N–H and O–H groups in total. The van der Waals surface area contributed by atoms with Crippen LogP contribution in [0.5, 0.6) is 17.2 Å². The second-order valence-corrected chi connectivity index (χ2v) is 4.56. The van der Waals surface area contributed by atoms with E-state index in [0.29, 0.717) is 22.8 Å². The third kappa shape index (κ3) is 3.51. The van der Waals surface area contributed by atoms with Crippen LogP contribution in [0.15, 0.2) is 12.1 Å². The minimum Gasteiger partial charge on any atom is -0.496 e. The summed E-state index contributed by atoms with van der Waals surface area (Å²) in [6.45, 7) is 0.186. The van der Waals surface area contributed by atoms with Crippen molar-refractivity contribution in [2.75, 3.05) is 34.9 Å². The Morgan fingerprint density at radius 3 is 2.10 bits per heavy atom. The van der Waals surface area contributed by atoms with Crippen LogP contribution in [-0.2, 0) is 0 Å². The number of nitrogens with zero attached hydrogens (tertiary/aromatic N) is 1. The van der Waals surface area contributed by atoms with Crippen LogP contribution in [0, 0.1) is 0 Å². The number of benzene rings is 1. The molecule has 0 saturated carbocycles. The van der Waals surface area contributed by atoms with Gasteiger partial charge in [0.25, 0.3) is 5.91 Å². The molecular weight excluding hydrogens is 280 g/mol. The number of hydrogen-bond acceptors (Lipinski definition) is 5. The number of ether oxygens (including phenoxy) is 3. The molecule has 0 aliphatic rings. The van der Waals surface area contributed by atoms with Crippen LogP contribution in [0.4, 0.5) is 0 Å². The summed E-state index contributed by atoms with van der Waals surface area (Å²) in [5.74, 6) is 1.05. The fourth-order valence-corrected chi connectivity index (χ4v) is 1.90. The summed E-state index contributed by atoms with van der Waals surface area (Å²) in [4.78, 5) is 14.0. The molecule has 0 spiro atoms. The van der Waals surface area contributed by atoms with Gasteiger partial charge >= 0.3 is 0 Å². The Bertz CT molecular complexity index is 519. The molecule has 0 heterocycles. The molecule has 0 aromatic heterocycles. The van der Waals surface area contributed by atoms with Crippen molar-refractivity contribution in [1.29, 1.82) is 0 Å². The number of rotatable bonds is 6. The van der Waals surface area contributed by atoms with Gasteiger partial charge in [0.1, 0.15) is 5.75 Å². The third-order valence-corrected chi connectivity index (χ3v) is 2.80. The SMILES string of the molecule is COc1cc(OC)c(C(=O)N(C)CC(N)=S)cc1OC. The molecule has 0 unspecified atom stereocenters. The summed E-state index contributed by atoms with van der Waals surface area (Å²) in [6.07, 6.45) is 0. The normalized spacial score (nSPS) is 9.80. The summed E-state index contributed by atoms with van der Waals surface area (Å²) in [5, 5.41) is 0. The van der Waals surface area contributed by atoms with Crippen molar-refractivity contribution in [3.05, 3.63) is 17.7 Å². The zero-order valence-electron chi connectivity index (χ0n) is 11.9. The second kappa shape index (κ2) is 6.95. The van der Waals surface area contributed by atoms with Gasteiger partial charge in [0.2, 0.25) is 0 Å². The molecular formula is C13H18N2O4S. The van der Waals surface area contributed by atoms with Gasteiger partial charge < -0.3 is 24.8 Å². The van der Waals surface area contributed by atoms with Crippen LogP contribution in [0.25, 0.3) is 0 Å². The molecule has 110 valence electrons. The molecule has 1 aromatic carbocycles. The van der Waals surface area contributed by atoms with Gasteiger partial charge in [-0.05, 0) is 0 Å². The van der Waals surface area contributed by atoms with Gasteiger partial charge in [-0.15, -0.1) is 0 Å². The van der Waals surface area contributed by atoms with Gasteiger partial charge in [-0.3, -0.25) is 4.79 Å². The zero-order chi connectivity index (χ0) is 15.3. The first-order valence-corrected chi connectivity index (χ1v) is 6.19. The van der Waals surface area contributed by atoms with Gasteiger partial charge in [-0.2, -0.15) is 0 Å². The fourth-order valence-electron chi connectivity index (χ4n) is 1.71. The van der Waals surface area contributed by atoms with E-state index in [2.05, 4.69) is 0 Å². The molecule has 0 radical (unpaired) electrons. The molecule has 0 atom stereocenters. The Morgan fingerprint density at radius 2 is 1.65 bits per heavy atom. The summed E-state index contributed by atoms with van der Waals surface area (Å²) in [6, 6.07) is 3.16. The largest absolute Gasteiger partial charge is 0.496 e. The molecule has 0 bridgehead atoms. The Kier molecular flexibility index (Phi) is 5.57. The lowest BCUT2D eigenvalue weighted by molar-refractivity contribution is 0.0811. The minimum atomic E-state index is -0.268. The summed E-state index contributed by atoms with van der Waals surface area (Å²) >= 11 is 4.80. The number of likely N-dealkylation sites (N-methyl/N-ethyl adjacent to an activating group) is 1. The highest BCUT2D eigenvalue weighted by molar-refractivity contribution is 7.80. The van der Waals surface area contributed by atoms with Gasteiger partial charge in [0, 0.05) is 19.2 Å². The quantitative estimate of drug-likeness (QED) is 0.792. The monoisotopic (exact) mass is 298 g/mol. The van der Waals surface area contributed by atoms with E-state index in [0.717, 1.165) is 0 Å². The van der Waals surface area contributed by atoms with Crippen molar-refractivity contribution < 1.29 is 19.0 Å². The highest BCUT2D eigenvalue weighted by atomic mass is 32.1. The van der Waals surface area contributed by atoms with Crippen LogP contribution < -0.4 is 19.9 Å². The van der Waals surface area contributed by atoms with E-state index in [9.17, 15) is 4.79 Å². The molecule has 20 heavy (non-hydrogen) atoms. The van der Waals surface area contributed by atoms with E-state index in [1.54, 1.807) is 19.2 Å². The smallest absolute Gasteiger partial charge is 0.257 e.